The lowest BCUT2D eigenvalue weighted by Gasteiger charge is -2.21. The van der Waals surface area contributed by atoms with Crippen LogP contribution in [0.15, 0.2) is 48.5 Å². The number of hydrogen-bond donors (Lipinski definition) is 2. The van der Waals surface area contributed by atoms with E-state index in [0.717, 1.165) is 35.0 Å². The summed E-state index contributed by atoms with van der Waals surface area (Å²) in [5.41, 5.74) is 1.72. The molecule has 1 amide bonds. The minimum atomic E-state index is -1.58. The lowest BCUT2D eigenvalue weighted by atomic mass is 10.1. The molecule has 12 heteroatoms. The number of rotatable bonds is 11. The van der Waals surface area contributed by atoms with E-state index in [9.17, 15) is 19.5 Å². The van der Waals surface area contributed by atoms with Gasteiger partial charge in [-0.25, -0.2) is 4.79 Å². The first-order valence-corrected chi connectivity index (χ1v) is 12.4. The number of carboxylic acids is 1. The van der Waals surface area contributed by atoms with Crippen molar-refractivity contribution in [1.82, 2.24) is 25.5 Å². The molecular formula is C23H23Cl2N5O4S. The number of benzene rings is 2. The molecule has 184 valence electrons. The Morgan fingerprint density at radius 3 is 2.40 bits per heavy atom. The summed E-state index contributed by atoms with van der Waals surface area (Å²) in [5, 5.41) is 24.4. The zero-order valence-electron chi connectivity index (χ0n) is 18.7. The molecule has 3 aromatic rings. The number of tetrazole rings is 1. The Labute approximate surface area is 216 Å². The second-order valence-electron chi connectivity index (χ2n) is 7.64. The van der Waals surface area contributed by atoms with Crippen LogP contribution in [0.3, 0.4) is 0 Å². The first-order valence-electron chi connectivity index (χ1n) is 10.7. The maximum Gasteiger partial charge on any atom is 0.333 e. The first kappa shape index (κ1) is 26.7. The van der Waals surface area contributed by atoms with Gasteiger partial charge < -0.3 is 10.4 Å². The highest BCUT2D eigenvalue weighted by atomic mass is 35.5. The van der Waals surface area contributed by atoms with Gasteiger partial charge in [0.05, 0.1) is 0 Å². The van der Waals surface area contributed by atoms with Crippen molar-refractivity contribution < 1.29 is 19.5 Å². The zero-order valence-corrected chi connectivity index (χ0v) is 21.1. The van der Waals surface area contributed by atoms with Crippen molar-refractivity contribution in [3.05, 3.63) is 75.5 Å². The molecule has 0 spiro atoms. The van der Waals surface area contributed by atoms with Crippen LogP contribution in [0.25, 0.3) is 0 Å². The fourth-order valence-corrected chi connectivity index (χ4v) is 4.55. The molecule has 0 bridgehead atoms. The summed E-state index contributed by atoms with van der Waals surface area (Å²) in [6.45, 7) is 1.20. The van der Waals surface area contributed by atoms with Gasteiger partial charge in [-0.3, -0.25) is 9.59 Å². The molecule has 2 aromatic carbocycles. The Hall–Kier alpha value is -2.95. The predicted molar refractivity (Wildman–Crippen MR) is 134 cm³/mol. The molecule has 2 N–H and O–H groups in total. The van der Waals surface area contributed by atoms with Gasteiger partial charge in [-0.1, -0.05) is 71.4 Å². The van der Waals surface area contributed by atoms with Gasteiger partial charge in [0.15, 0.2) is 17.6 Å². The number of carboxylic acid groups (broad SMARTS) is 1. The van der Waals surface area contributed by atoms with Gasteiger partial charge in [-0.15, -0.1) is 15.0 Å². The minimum Gasteiger partial charge on any atom is -0.480 e. The van der Waals surface area contributed by atoms with Gasteiger partial charge in [-0.05, 0) is 48.2 Å². The van der Waals surface area contributed by atoms with E-state index in [1.54, 1.807) is 18.2 Å². The average Bonchev–Trinajstić information content (AvgIpc) is 3.27. The third-order valence-corrected chi connectivity index (χ3v) is 6.66. The lowest BCUT2D eigenvalue weighted by Crippen LogP contribution is -2.48. The number of halogens is 2. The molecule has 9 nitrogen and oxygen atoms in total. The molecule has 3 rings (SSSR count). The van der Waals surface area contributed by atoms with Crippen molar-refractivity contribution in [3.8, 4) is 0 Å². The van der Waals surface area contributed by atoms with Crippen LogP contribution in [0, 0.1) is 0 Å². The number of nitrogens with one attached hydrogen (secondary N) is 1. The molecule has 1 aromatic heterocycles. The van der Waals surface area contributed by atoms with Crippen LogP contribution in [0.5, 0.6) is 0 Å². The largest absolute Gasteiger partial charge is 0.480 e. The summed E-state index contributed by atoms with van der Waals surface area (Å²) in [4.78, 5) is 37.6. The van der Waals surface area contributed by atoms with E-state index in [0.29, 0.717) is 21.4 Å². The second-order valence-corrected chi connectivity index (χ2v) is 9.53. The molecule has 0 aliphatic carbocycles. The monoisotopic (exact) mass is 535 g/mol. The van der Waals surface area contributed by atoms with Crippen molar-refractivity contribution in [2.45, 2.75) is 38.3 Å². The normalized spacial score (nSPS) is 12.7. The molecule has 0 saturated carbocycles. The Morgan fingerprint density at radius 2 is 1.77 bits per heavy atom. The smallest absolute Gasteiger partial charge is 0.333 e. The van der Waals surface area contributed by atoms with Crippen molar-refractivity contribution in [3.63, 3.8) is 0 Å². The molecule has 0 aliphatic rings. The third kappa shape index (κ3) is 7.51. The number of thioether (sulfide) groups is 1. The Morgan fingerprint density at radius 1 is 1.09 bits per heavy atom. The lowest BCUT2D eigenvalue weighted by molar-refractivity contribution is -0.144. The van der Waals surface area contributed by atoms with E-state index in [1.807, 2.05) is 30.3 Å². The number of amides is 1. The standard InChI is InChI=1S/C23H23Cl2N5O4S/c1-14(31)20(26-23(34)35-12-6-9-15-7-3-2-4-8-15)21(22(32)33)30-28-19(27-29-30)13-16-17(24)10-5-11-18(16)25/h2-5,7-8,10-11,20-21H,6,9,12-13H2,1H3,(H,26,34)(H,32,33). The van der Waals surface area contributed by atoms with Gasteiger partial charge in [0.25, 0.3) is 5.24 Å². The highest BCUT2D eigenvalue weighted by molar-refractivity contribution is 8.13. The van der Waals surface area contributed by atoms with Crippen LogP contribution < -0.4 is 5.32 Å². The van der Waals surface area contributed by atoms with Gasteiger partial charge in [0, 0.05) is 22.2 Å². The zero-order chi connectivity index (χ0) is 25.4. The number of hydrogen-bond acceptors (Lipinski definition) is 7. The molecule has 2 unspecified atom stereocenters. The van der Waals surface area contributed by atoms with E-state index in [1.165, 1.54) is 6.92 Å². The van der Waals surface area contributed by atoms with Crippen molar-refractivity contribution in [2.24, 2.45) is 0 Å². The van der Waals surface area contributed by atoms with Crippen LogP contribution in [-0.4, -0.2) is 54.1 Å². The number of aryl methyl sites for hydroxylation is 1. The first-order chi connectivity index (χ1) is 16.8. The summed E-state index contributed by atoms with van der Waals surface area (Å²) < 4.78 is 0. The SMILES string of the molecule is CC(=O)C(NC(=O)SCCCc1ccccc1)C(C(=O)O)n1nnc(Cc2c(Cl)cccc2Cl)n1. The minimum absolute atomic E-state index is 0.110. The summed E-state index contributed by atoms with van der Waals surface area (Å²) >= 11 is 13.3. The fourth-order valence-electron chi connectivity index (χ4n) is 3.34. The molecule has 0 radical (unpaired) electrons. The number of aliphatic carboxylic acids is 1. The van der Waals surface area contributed by atoms with Crippen LogP contribution in [0.2, 0.25) is 10.0 Å². The van der Waals surface area contributed by atoms with Crippen LogP contribution >= 0.6 is 35.0 Å². The summed E-state index contributed by atoms with van der Waals surface area (Å²) in [6.07, 6.45) is 1.66. The number of carbonyl (C=O) groups is 3. The topological polar surface area (TPSA) is 127 Å². The number of carbonyl (C=O) groups excluding carboxylic acids is 2. The van der Waals surface area contributed by atoms with Crippen LogP contribution in [0.4, 0.5) is 4.79 Å². The van der Waals surface area contributed by atoms with E-state index in [2.05, 4.69) is 20.7 Å². The number of nitrogens with zero attached hydrogens (tertiary/aromatic N) is 4. The number of Topliss-reactive ketones (excluding diaryl/α,β-unsaturated/α-hetero) is 1. The predicted octanol–water partition coefficient (Wildman–Crippen LogP) is 4.23. The highest BCUT2D eigenvalue weighted by Gasteiger charge is 2.37. The van der Waals surface area contributed by atoms with E-state index in [-0.39, 0.29) is 12.2 Å². The maximum atomic E-state index is 12.5. The van der Waals surface area contributed by atoms with Gasteiger partial charge >= 0.3 is 5.97 Å². The van der Waals surface area contributed by atoms with Crippen molar-refractivity contribution in [1.29, 1.82) is 0 Å². The Bertz CT molecular complexity index is 1170. The van der Waals surface area contributed by atoms with Gasteiger partial charge in [0.2, 0.25) is 0 Å². The molecule has 35 heavy (non-hydrogen) atoms. The number of aromatic nitrogens is 4. The third-order valence-electron chi connectivity index (χ3n) is 5.08. The summed E-state index contributed by atoms with van der Waals surface area (Å²) in [6, 6.07) is 11.9. The molecule has 1 heterocycles. The summed E-state index contributed by atoms with van der Waals surface area (Å²) in [5.74, 6) is -1.27. The van der Waals surface area contributed by atoms with E-state index < -0.39 is 29.1 Å². The Balaban J connectivity index is 1.65. The van der Waals surface area contributed by atoms with Crippen LogP contribution in [-0.2, 0) is 22.4 Å². The van der Waals surface area contributed by atoms with Crippen LogP contribution in [0.1, 0.15) is 36.3 Å². The van der Waals surface area contributed by atoms with Gasteiger partial charge in [-0.2, -0.15) is 0 Å². The highest BCUT2D eigenvalue weighted by Crippen LogP contribution is 2.26. The quantitative estimate of drug-likeness (QED) is 0.349. The molecular weight excluding hydrogens is 513 g/mol. The second kappa shape index (κ2) is 12.7. The molecule has 2 atom stereocenters. The van der Waals surface area contributed by atoms with E-state index >= 15 is 0 Å². The molecule has 0 fully saturated rings. The summed E-state index contributed by atoms with van der Waals surface area (Å²) in [7, 11) is 0. The Kier molecular flexibility index (Phi) is 9.64. The van der Waals surface area contributed by atoms with E-state index in [4.69, 9.17) is 23.2 Å². The molecule has 0 saturated heterocycles. The van der Waals surface area contributed by atoms with Gasteiger partial charge in [0.1, 0.15) is 6.04 Å². The number of ketones is 1. The average molecular weight is 536 g/mol. The molecule has 0 aliphatic heterocycles. The maximum absolute atomic E-state index is 12.5. The fraction of sp³-hybridized carbons (Fsp3) is 0.304. The van der Waals surface area contributed by atoms with Crippen molar-refractivity contribution in [2.75, 3.05) is 5.75 Å². The van der Waals surface area contributed by atoms with Crippen molar-refractivity contribution >= 4 is 52.0 Å².